The maximum absolute atomic E-state index is 2.73. The number of hydrogen-bond acceptors (Lipinski definition) is 2. The minimum Gasteiger partial charge on any atom is -0.303 e. The molecule has 0 aliphatic heterocycles. The Labute approximate surface area is 179 Å². The third kappa shape index (κ3) is 19.2. The summed E-state index contributed by atoms with van der Waals surface area (Å²) >= 11 is 0. The van der Waals surface area contributed by atoms with E-state index in [4.69, 9.17) is 0 Å². The van der Waals surface area contributed by atoms with E-state index in [2.05, 4.69) is 37.5 Å². The molecular formula is C26H56N2. The van der Waals surface area contributed by atoms with Crippen LogP contribution in [0.5, 0.6) is 0 Å². The van der Waals surface area contributed by atoms with E-state index in [1.807, 2.05) is 0 Å². The first-order valence-electron chi connectivity index (χ1n) is 13.2. The first-order valence-corrected chi connectivity index (χ1v) is 13.2. The molecule has 0 bridgehead atoms. The quantitative estimate of drug-likeness (QED) is 0.162. The minimum absolute atomic E-state index is 1.30. The minimum atomic E-state index is 1.30. The van der Waals surface area contributed by atoms with Crippen molar-refractivity contribution in [3.63, 3.8) is 0 Å². The van der Waals surface area contributed by atoms with Gasteiger partial charge in [0.25, 0.3) is 0 Å². The molecule has 0 fully saturated rings. The van der Waals surface area contributed by atoms with Gasteiger partial charge in [0.15, 0.2) is 0 Å². The molecular weight excluding hydrogens is 340 g/mol. The Bertz CT molecular complexity index is 252. The molecule has 2 heteroatoms. The molecule has 0 atom stereocenters. The predicted molar refractivity (Wildman–Crippen MR) is 129 cm³/mol. The summed E-state index contributed by atoms with van der Waals surface area (Å²) in [5.41, 5.74) is 0. The van der Waals surface area contributed by atoms with Crippen LogP contribution in [0, 0.1) is 0 Å². The average molecular weight is 397 g/mol. The van der Waals surface area contributed by atoms with E-state index in [1.165, 1.54) is 142 Å². The second kappa shape index (κ2) is 23.2. The van der Waals surface area contributed by atoms with Crippen molar-refractivity contribution in [1.29, 1.82) is 0 Å². The van der Waals surface area contributed by atoms with Crippen LogP contribution >= 0.6 is 0 Å². The van der Waals surface area contributed by atoms with Crippen molar-refractivity contribution in [2.45, 2.75) is 130 Å². The SMILES string of the molecule is CCCCCCCCN(CCC)CCCCN(CCC)CCCCCCCC. The number of unbranched alkanes of at least 4 members (excludes halogenated alkanes) is 11. The molecule has 0 N–H and O–H groups in total. The summed E-state index contributed by atoms with van der Waals surface area (Å²) in [5.74, 6) is 0. The van der Waals surface area contributed by atoms with Crippen molar-refractivity contribution in [3.8, 4) is 0 Å². The van der Waals surface area contributed by atoms with Crippen LogP contribution in [0.1, 0.15) is 130 Å². The van der Waals surface area contributed by atoms with Gasteiger partial charge in [-0.2, -0.15) is 0 Å². The van der Waals surface area contributed by atoms with E-state index in [-0.39, 0.29) is 0 Å². The smallest absolute Gasteiger partial charge is 0.00183 e. The van der Waals surface area contributed by atoms with Crippen LogP contribution in [-0.2, 0) is 0 Å². The summed E-state index contributed by atoms with van der Waals surface area (Å²) < 4.78 is 0. The Morgan fingerprint density at radius 3 is 0.893 bits per heavy atom. The van der Waals surface area contributed by atoms with Gasteiger partial charge >= 0.3 is 0 Å². The Morgan fingerprint density at radius 1 is 0.286 bits per heavy atom. The largest absolute Gasteiger partial charge is 0.303 e. The molecule has 0 aromatic carbocycles. The molecule has 0 radical (unpaired) electrons. The van der Waals surface area contributed by atoms with Crippen LogP contribution in [0.3, 0.4) is 0 Å². The molecule has 0 saturated carbocycles. The molecule has 0 amide bonds. The molecule has 0 aromatic heterocycles. The molecule has 28 heavy (non-hydrogen) atoms. The summed E-state index contributed by atoms with van der Waals surface area (Å²) in [6.07, 6.45) is 22.4. The van der Waals surface area contributed by atoms with Crippen LogP contribution in [0.15, 0.2) is 0 Å². The van der Waals surface area contributed by atoms with Crippen LogP contribution in [-0.4, -0.2) is 49.1 Å². The highest BCUT2D eigenvalue weighted by molar-refractivity contribution is 4.62. The Kier molecular flexibility index (Phi) is 23.1. The predicted octanol–water partition coefficient (Wildman–Crippen LogP) is 7.91. The van der Waals surface area contributed by atoms with E-state index >= 15 is 0 Å². The lowest BCUT2D eigenvalue weighted by atomic mass is 10.1. The zero-order valence-electron chi connectivity index (χ0n) is 20.5. The fourth-order valence-electron chi connectivity index (χ4n) is 4.21. The van der Waals surface area contributed by atoms with Gasteiger partial charge in [-0.05, 0) is 77.8 Å². The first kappa shape index (κ1) is 27.9. The van der Waals surface area contributed by atoms with E-state index in [0.29, 0.717) is 0 Å². The number of hydrogen-bond donors (Lipinski definition) is 0. The van der Waals surface area contributed by atoms with Crippen LogP contribution < -0.4 is 0 Å². The third-order valence-corrected chi connectivity index (χ3v) is 5.93. The molecule has 0 rings (SSSR count). The van der Waals surface area contributed by atoms with Gasteiger partial charge in [0.05, 0.1) is 0 Å². The Hall–Kier alpha value is -0.0800. The lowest BCUT2D eigenvalue weighted by Crippen LogP contribution is -2.29. The van der Waals surface area contributed by atoms with Gasteiger partial charge in [-0.1, -0.05) is 91.9 Å². The summed E-state index contributed by atoms with van der Waals surface area (Å²) in [7, 11) is 0. The summed E-state index contributed by atoms with van der Waals surface area (Å²) in [5, 5.41) is 0. The van der Waals surface area contributed by atoms with Gasteiger partial charge in [0.2, 0.25) is 0 Å². The van der Waals surface area contributed by atoms with Crippen LogP contribution in [0.4, 0.5) is 0 Å². The van der Waals surface area contributed by atoms with E-state index in [0.717, 1.165) is 0 Å². The molecule has 2 nitrogen and oxygen atoms in total. The molecule has 0 aliphatic carbocycles. The summed E-state index contributed by atoms with van der Waals surface area (Å²) in [4.78, 5) is 5.47. The maximum atomic E-state index is 2.73. The lowest BCUT2D eigenvalue weighted by molar-refractivity contribution is 0.235. The highest BCUT2D eigenvalue weighted by atomic mass is 15.1. The van der Waals surface area contributed by atoms with Crippen LogP contribution in [0.25, 0.3) is 0 Å². The third-order valence-electron chi connectivity index (χ3n) is 5.93. The van der Waals surface area contributed by atoms with Gasteiger partial charge in [-0.3, -0.25) is 0 Å². The van der Waals surface area contributed by atoms with Gasteiger partial charge in [-0.15, -0.1) is 0 Å². The van der Waals surface area contributed by atoms with Gasteiger partial charge in [-0.25, -0.2) is 0 Å². The monoisotopic (exact) mass is 396 g/mol. The lowest BCUT2D eigenvalue weighted by Gasteiger charge is -2.24. The Morgan fingerprint density at radius 2 is 0.571 bits per heavy atom. The fraction of sp³-hybridized carbons (Fsp3) is 1.00. The molecule has 0 heterocycles. The van der Waals surface area contributed by atoms with Crippen LogP contribution in [0.2, 0.25) is 0 Å². The van der Waals surface area contributed by atoms with Crippen molar-refractivity contribution < 1.29 is 0 Å². The topological polar surface area (TPSA) is 6.48 Å². The van der Waals surface area contributed by atoms with Gasteiger partial charge in [0, 0.05) is 0 Å². The fourth-order valence-corrected chi connectivity index (χ4v) is 4.21. The number of nitrogens with zero attached hydrogens (tertiary/aromatic N) is 2. The zero-order chi connectivity index (χ0) is 20.7. The molecule has 0 spiro atoms. The molecule has 0 unspecified atom stereocenters. The summed E-state index contributed by atoms with van der Waals surface area (Å²) in [6, 6.07) is 0. The van der Waals surface area contributed by atoms with Crippen molar-refractivity contribution in [3.05, 3.63) is 0 Å². The molecule has 0 aliphatic rings. The van der Waals surface area contributed by atoms with Gasteiger partial charge in [0.1, 0.15) is 0 Å². The van der Waals surface area contributed by atoms with Crippen molar-refractivity contribution in [1.82, 2.24) is 9.80 Å². The molecule has 0 saturated heterocycles. The number of rotatable bonds is 23. The Balaban J connectivity index is 3.82. The van der Waals surface area contributed by atoms with Crippen molar-refractivity contribution >= 4 is 0 Å². The first-order chi connectivity index (χ1) is 13.8. The zero-order valence-corrected chi connectivity index (χ0v) is 20.5. The van der Waals surface area contributed by atoms with Crippen molar-refractivity contribution in [2.75, 3.05) is 39.3 Å². The second-order valence-electron chi connectivity index (χ2n) is 8.93. The second-order valence-corrected chi connectivity index (χ2v) is 8.93. The highest BCUT2D eigenvalue weighted by Crippen LogP contribution is 2.09. The highest BCUT2D eigenvalue weighted by Gasteiger charge is 2.06. The standard InChI is InChI=1S/C26H56N2/c1-5-9-11-13-15-17-23-27(21-7-3)25-19-20-26-28(22-8-4)24-18-16-14-12-10-6-2/h5-26H2,1-4H3. The normalized spacial score (nSPS) is 11.8. The maximum Gasteiger partial charge on any atom is -0.00183 e. The molecule has 0 aromatic rings. The van der Waals surface area contributed by atoms with Crippen molar-refractivity contribution in [2.24, 2.45) is 0 Å². The van der Waals surface area contributed by atoms with E-state index in [1.54, 1.807) is 0 Å². The van der Waals surface area contributed by atoms with Gasteiger partial charge < -0.3 is 9.80 Å². The van der Waals surface area contributed by atoms with E-state index in [9.17, 15) is 0 Å². The average Bonchev–Trinajstić information content (AvgIpc) is 2.70. The summed E-state index contributed by atoms with van der Waals surface area (Å²) in [6.45, 7) is 17.2. The van der Waals surface area contributed by atoms with E-state index < -0.39 is 0 Å². The molecule has 170 valence electrons.